The highest BCUT2D eigenvalue weighted by atomic mass is 32.2. The number of nitrogens with zero attached hydrogens (tertiary/aromatic N) is 2. The van der Waals surface area contributed by atoms with Gasteiger partial charge in [0.1, 0.15) is 29.5 Å². The molecule has 5 atom stereocenters. The molecule has 4 bridgehead atoms. The van der Waals surface area contributed by atoms with E-state index in [1.54, 1.807) is 0 Å². The Morgan fingerprint density at radius 2 is 1.91 bits per heavy atom. The van der Waals surface area contributed by atoms with Crippen LogP contribution in [0.2, 0.25) is 0 Å². The summed E-state index contributed by atoms with van der Waals surface area (Å²) in [6, 6.07) is 15.4. The number of sulfonamides is 1. The smallest absolute Gasteiger partial charge is 0.407 e. The number of hydrogen-bond donors (Lipinski definition) is 3. The number of hydrogen-bond acceptors (Lipinski definition) is 9. The first-order valence-corrected chi connectivity index (χ1v) is 21.1. The van der Waals surface area contributed by atoms with Crippen molar-refractivity contribution in [1.82, 2.24) is 25.2 Å². The van der Waals surface area contributed by atoms with Crippen LogP contribution < -0.4 is 20.1 Å². The topological polar surface area (TPSA) is 173 Å². The molecule has 14 heteroatoms. The number of benzene rings is 2. The van der Waals surface area contributed by atoms with Crippen molar-refractivity contribution in [2.45, 2.75) is 100 Å². The highest BCUT2D eigenvalue weighted by molar-refractivity contribution is 7.91. The van der Waals surface area contributed by atoms with Gasteiger partial charge < -0.3 is 25.0 Å². The third kappa shape index (κ3) is 8.59. The molecule has 4 amide bonds. The van der Waals surface area contributed by atoms with Gasteiger partial charge in [0.2, 0.25) is 21.8 Å². The number of amides is 4. The van der Waals surface area contributed by atoms with Crippen LogP contribution in [0.5, 0.6) is 5.75 Å². The summed E-state index contributed by atoms with van der Waals surface area (Å²) in [4.78, 5) is 61.8. The lowest BCUT2D eigenvalue weighted by molar-refractivity contribution is -0.141. The van der Waals surface area contributed by atoms with Gasteiger partial charge in [-0.15, -0.1) is 6.58 Å². The molecule has 2 aromatic carbocycles. The normalized spacial score (nSPS) is 26.1. The van der Waals surface area contributed by atoms with Crippen molar-refractivity contribution in [1.29, 1.82) is 0 Å². The SMILES string of the molecule is C=C[C@@H]1C[C@]1(NC(=O)[C@@H]1C[C@@H]2CN1C(=O)[C@H](CCCC)NC(=O)OCCCC/C=C/c1ccc3nc(-c4ccccc4)cc(c3c1)O2)C(=O)NS(=O)(=O)C1CC1. The van der Waals surface area contributed by atoms with Crippen molar-refractivity contribution in [2.24, 2.45) is 5.92 Å². The second-order valence-electron chi connectivity index (χ2n) is 15.2. The Morgan fingerprint density at radius 1 is 1.11 bits per heavy atom. The number of cyclic esters (lactones) is 1. The standard InChI is InChI=1S/C42H49N5O8S/c1-3-5-16-34-39(49)47-26-30(23-36(47)38(48)45-42(25-29(42)4-2)40(50)46-56(52,53)31-18-19-31)55-37-24-35(28-14-10-8-11-15-28)43-33-20-17-27(22-32(33)37)13-9-6-7-12-21-54-41(51)44-34/h4,8-11,13-15,17,20,22,24,29-31,34,36H,2-3,5-7,12,16,18-19,21,23,25-26H2,1H3,(H,44,51)(H,45,48)(H,46,50)/b13-9+/t29-,30-,34+,36+,42-/m1/s1. The Kier molecular flexibility index (Phi) is 11.5. The number of unbranched alkanes of at least 4 members (excludes halogenated alkanes) is 1. The highest BCUT2D eigenvalue weighted by Gasteiger charge is 2.62. The number of nitrogens with one attached hydrogen (secondary N) is 3. The number of fused-ring (bicyclic) bond motifs is 3. The molecule has 2 saturated carbocycles. The van der Waals surface area contributed by atoms with E-state index in [4.69, 9.17) is 14.5 Å². The van der Waals surface area contributed by atoms with Crippen molar-refractivity contribution in [3.05, 3.63) is 78.9 Å². The Balaban J connectivity index is 1.25. The summed E-state index contributed by atoms with van der Waals surface area (Å²) in [6.45, 7) is 5.96. The summed E-state index contributed by atoms with van der Waals surface area (Å²) in [5.74, 6) is -1.93. The molecule has 3 heterocycles. The van der Waals surface area contributed by atoms with Crippen LogP contribution >= 0.6 is 0 Å². The average molecular weight is 784 g/mol. The first-order valence-electron chi connectivity index (χ1n) is 19.6. The molecular weight excluding hydrogens is 735 g/mol. The van der Waals surface area contributed by atoms with Crippen molar-refractivity contribution < 1.29 is 37.1 Å². The molecule has 3 N–H and O–H groups in total. The number of allylic oxidation sites excluding steroid dienone is 1. The maximum absolute atomic E-state index is 14.5. The number of alkyl carbamates (subject to hydrolysis) is 1. The first kappa shape index (κ1) is 39.0. The quantitative estimate of drug-likeness (QED) is 0.228. The van der Waals surface area contributed by atoms with Crippen molar-refractivity contribution in [3.63, 3.8) is 0 Å². The fourth-order valence-electron chi connectivity index (χ4n) is 7.54. The summed E-state index contributed by atoms with van der Waals surface area (Å²) in [5.41, 5.74) is 1.69. The molecule has 13 nitrogen and oxygen atoms in total. The van der Waals surface area contributed by atoms with Gasteiger partial charge in [0.05, 0.1) is 29.6 Å². The number of carbonyl (C=O) groups is 4. The van der Waals surface area contributed by atoms with Crippen LogP contribution in [0.15, 0.2) is 73.3 Å². The largest absolute Gasteiger partial charge is 0.488 e. The molecule has 56 heavy (non-hydrogen) atoms. The molecule has 2 aliphatic heterocycles. The average Bonchev–Trinajstić information content (AvgIpc) is 4.12. The third-order valence-corrected chi connectivity index (χ3v) is 12.8. The second kappa shape index (κ2) is 16.5. The lowest BCUT2D eigenvalue weighted by atomic mass is 10.1. The zero-order valence-corrected chi connectivity index (χ0v) is 32.4. The maximum Gasteiger partial charge on any atom is 0.407 e. The van der Waals surface area contributed by atoms with Crippen molar-refractivity contribution in [3.8, 4) is 17.0 Å². The number of rotatable bonds is 10. The Hall–Kier alpha value is -5.24. The van der Waals surface area contributed by atoms with Crippen LogP contribution in [-0.2, 0) is 29.1 Å². The monoisotopic (exact) mass is 783 g/mol. The van der Waals surface area contributed by atoms with Crippen LogP contribution in [0, 0.1) is 5.92 Å². The molecule has 1 saturated heterocycles. The first-order chi connectivity index (χ1) is 27.0. The van der Waals surface area contributed by atoms with Gasteiger partial charge in [-0.3, -0.25) is 19.1 Å². The fraction of sp³-hybridized carbons (Fsp3) is 0.452. The summed E-state index contributed by atoms with van der Waals surface area (Å²) in [6.07, 6.45) is 9.26. The van der Waals surface area contributed by atoms with Gasteiger partial charge in [0, 0.05) is 29.4 Å². The molecule has 4 aliphatic rings. The molecule has 0 spiro atoms. The van der Waals surface area contributed by atoms with E-state index in [-0.39, 0.29) is 26.0 Å². The molecule has 3 fully saturated rings. The van der Waals surface area contributed by atoms with Crippen molar-refractivity contribution >= 4 is 50.8 Å². The van der Waals surface area contributed by atoms with Gasteiger partial charge in [0.15, 0.2) is 0 Å². The lowest BCUT2D eigenvalue weighted by Crippen LogP contribution is -2.58. The minimum absolute atomic E-state index is 0.000491. The molecular formula is C42H49N5O8S. The predicted molar refractivity (Wildman–Crippen MR) is 212 cm³/mol. The van der Waals surface area contributed by atoms with E-state index < -0.39 is 68.7 Å². The Bertz CT molecular complexity index is 2140. The van der Waals surface area contributed by atoms with Gasteiger partial charge in [-0.05, 0) is 62.6 Å². The lowest BCUT2D eigenvalue weighted by Gasteiger charge is -2.29. The minimum atomic E-state index is -3.90. The van der Waals surface area contributed by atoms with E-state index >= 15 is 0 Å². The van der Waals surface area contributed by atoms with Crippen LogP contribution in [0.1, 0.15) is 76.7 Å². The predicted octanol–water partition coefficient (Wildman–Crippen LogP) is 5.40. The van der Waals surface area contributed by atoms with E-state index in [0.717, 1.165) is 35.8 Å². The van der Waals surface area contributed by atoms with Gasteiger partial charge >= 0.3 is 6.09 Å². The minimum Gasteiger partial charge on any atom is -0.488 e. The number of carbonyl (C=O) groups excluding carboxylic acids is 4. The van der Waals surface area contributed by atoms with Gasteiger partial charge in [-0.2, -0.15) is 0 Å². The third-order valence-electron chi connectivity index (χ3n) is 11.0. The van der Waals surface area contributed by atoms with E-state index in [1.807, 2.05) is 67.6 Å². The maximum atomic E-state index is 14.5. The Morgan fingerprint density at radius 3 is 2.64 bits per heavy atom. The number of pyridine rings is 1. The molecule has 1 aromatic heterocycles. The van der Waals surface area contributed by atoms with E-state index in [9.17, 15) is 27.6 Å². The fourth-order valence-corrected chi connectivity index (χ4v) is 8.91. The highest BCUT2D eigenvalue weighted by Crippen LogP contribution is 2.45. The van der Waals surface area contributed by atoms with Crippen LogP contribution in [0.25, 0.3) is 28.2 Å². The van der Waals surface area contributed by atoms with Crippen LogP contribution in [-0.4, -0.2) is 84.2 Å². The number of ether oxygens (including phenoxy) is 2. The zero-order valence-electron chi connectivity index (χ0n) is 31.6. The summed E-state index contributed by atoms with van der Waals surface area (Å²) in [5, 5.41) is 5.71. The molecule has 296 valence electrons. The summed E-state index contributed by atoms with van der Waals surface area (Å²) in [7, 11) is -3.90. The summed E-state index contributed by atoms with van der Waals surface area (Å²) < 4.78 is 39.9. The molecule has 0 unspecified atom stereocenters. The van der Waals surface area contributed by atoms with Gasteiger partial charge in [0.25, 0.3) is 5.91 Å². The van der Waals surface area contributed by atoms with Gasteiger partial charge in [-0.1, -0.05) is 74.4 Å². The zero-order chi connectivity index (χ0) is 39.5. The Labute approximate surface area is 327 Å². The molecule has 3 aromatic rings. The van der Waals surface area contributed by atoms with Crippen molar-refractivity contribution in [2.75, 3.05) is 13.2 Å². The summed E-state index contributed by atoms with van der Waals surface area (Å²) >= 11 is 0. The van der Waals surface area contributed by atoms with Crippen LogP contribution in [0.3, 0.4) is 0 Å². The number of aromatic nitrogens is 1. The molecule has 7 rings (SSSR count). The van der Waals surface area contributed by atoms with E-state index in [1.165, 1.54) is 11.0 Å². The second-order valence-corrected chi connectivity index (χ2v) is 17.1. The van der Waals surface area contributed by atoms with E-state index in [0.29, 0.717) is 49.1 Å². The molecule has 2 aliphatic carbocycles. The van der Waals surface area contributed by atoms with Crippen LogP contribution in [0.4, 0.5) is 4.79 Å². The van der Waals surface area contributed by atoms with E-state index in [2.05, 4.69) is 28.0 Å². The van der Waals surface area contributed by atoms with Gasteiger partial charge in [-0.25, -0.2) is 18.2 Å². The molecule has 0 radical (unpaired) electrons.